The van der Waals surface area contributed by atoms with Crippen molar-refractivity contribution in [1.29, 1.82) is 0 Å². The Balaban J connectivity index is 2.96. The second-order valence-electron chi connectivity index (χ2n) is 2.64. The molecule has 0 bridgehead atoms. The van der Waals surface area contributed by atoms with Gasteiger partial charge in [0.2, 0.25) is 0 Å². The molecule has 0 unspecified atom stereocenters. The van der Waals surface area contributed by atoms with Crippen LogP contribution in [0.1, 0.15) is 5.56 Å². The number of hydrogen-bond acceptors (Lipinski definition) is 2. The lowest BCUT2D eigenvalue weighted by atomic mass is 10.1. The lowest BCUT2D eigenvalue weighted by molar-refractivity contribution is 1.11. The van der Waals surface area contributed by atoms with Crippen LogP contribution in [0.25, 0.3) is 5.57 Å². The molecule has 0 aliphatic rings. The fourth-order valence-electron chi connectivity index (χ4n) is 1.12. The summed E-state index contributed by atoms with van der Waals surface area (Å²) in [6, 6.07) is 10.2. The minimum atomic E-state index is 1.09. The Morgan fingerprint density at radius 3 is 2.54 bits per heavy atom. The second kappa shape index (κ2) is 5.14. The van der Waals surface area contributed by atoms with Gasteiger partial charge in [-0.15, -0.1) is 0 Å². The number of nitrogens with one attached hydrogen (secondary N) is 1. The Bertz CT molecular complexity index is 299. The van der Waals surface area contributed by atoms with Gasteiger partial charge < -0.3 is 5.32 Å². The maximum Gasteiger partial charge on any atom is 0.0301 e. The number of allylic oxidation sites excluding steroid dienone is 1. The second-order valence-corrected chi connectivity index (χ2v) is 2.64. The van der Waals surface area contributed by atoms with E-state index in [1.54, 1.807) is 7.05 Å². The molecular weight excluding hydrogens is 160 g/mol. The summed E-state index contributed by atoms with van der Waals surface area (Å²) in [5.74, 6) is 0. The summed E-state index contributed by atoms with van der Waals surface area (Å²) in [7, 11) is 3.65. The van der Waals surface area contributed by atoms with Crippen molar-refractivity contribution in [3.05, 3.63) is 42.1 Å². The quantitative estimate of drug-likeness (QED) is 0.696. The van der Waals surface area contributed by atoms with Crippen molar-refractivity contribution in [2.24, 2.45) is 4.99 Å². The summed E-state index contributed by atoms with van der Waals surface area (Å²) in [5.41, 5.74) is 2.26. The summed E-state index contributed by atoms with van der Waals surface area (Å²) in [5, 5.41) is 3.00. The molecule has 0 amide bonds. The van der Waals surface area contributed by atoms with Crippen LogP contribution in [-0.4, -0.2) is 20.3 Å². The molecule has 0 heterocycles. The van der Waals surface area contributed by atoms with Crippen LogP contribution in [0.15, 0.2) is 41.5 Å². The molecular formula is C11H14N2. The lowest BCUT2D eigenvalue weighted by Crippen LogP contribution is -1.97. The highest BCUT2D eigenvalue weighted by molar-refractivity contribution is 6.09. The number of rotatable bonds is 3. The van der Waals surface area contributed by atoms with Crippen molar-refractivity contribution < 1.29 is 0 Å². The maximum atomic E-state index is 4.00. The first-order chi connectivity index (χ1) is 6.38. The van der Waals surface area contributed by atoms with Gasteiger partial charge in [-0.2, -0.15) is 0 Å². The van der Waals surface area contributed by atoms with E-state index in [2.05, 4.69) is 22.4 Å². The van der Waals surface area contributed by atoms with E-state index in [1.165, 1.54) is 5.56 Å². The first-order valence-electron chi connectivity index (χ1n) is 4.23. The average molecular weight is 174 g/mol. The van der Waals surface area contributed by atoms with Gasteiger partial charge in [0.25, 0.3) is 0 Å². The third-order valence-corrected chi connectivity index (χ3v) is 1.68. The average Bonchev–Trinajstić information content (AvgIpc) is 2.19. The summed E-state index contributed by atoms with van der Waals surface area (Å²) in [6.45, 7) is 0. The van der Waals surface area contributed by atoms with Crippen molar-refractivity contribution in [2.75, 3.05) is 14.1 Å². The molecule has 0 spiro atoms. The maximum absolute atomic E-state index is 4.00. The normalized spacial score (nSPS) is 12.0. The molecule has 1 aromatic rings. The summed E-state index contributed by atoms with van der Waals surface area (Å²) in [6.07, 6.45) is 3.77. The Labute approximate surface area is 79.0 Å². The van der Waals surface area contributed by atoms with E-state index >= 15 is 0 Å². The Morgan fingerprint density at radius 2 is 2.00 bits per heavy atom. The van der Waals surface area contributed by atoms with Crippen molar-refractivity contribution in [1.82, 2.24) is 5.32 Å². The molecule has 0 fully saturated rings. The van der Waals surface area contributed by atoms with Crippen molar-refractivity contribution in [3.63, 3.8) is 0 Å². The topological polar surface area (TPSA) is 24.4 Å². The van der Waals surface area contributed by atoms with Gasteiger partial charge in [0.15, 0.2) is 0 Å². The largest absolute Gasteiger partial charge is 0.393 e. The van der Waals surface area contributed by atoms with Crippen LogP contribution in [0.2, 0.25) is 0 Å². The smallest absolute Gasteiger partial charge is 0.0301 e. The summed E-state index contributed by atoms with van der Waals surface area (Å²) >= 11 is 0. The van der Waals surface area contributed by atoms with Gasteiger partial charge in [-0.1, -0.05) is 30.3 Å². The molecule has 1 rings (SSSR count). The van der Waals surface area contributed by atoms with Gasteiger partial charge in [0.1, 0.15) is 0 Å². The van der Waals surface area contributed by atoms with Crippen LogP contribution < -0.4 is 5.32 Å². The van der Waals surface area contributed by atoms with Gasteiger partial charge in [0, 0.05) is 32.1 Å². The number of aliphatic imine (C=N–C) groups is 1. The van der Waals surface area contributed by atoms with E-state index in [9.17, 15) is 0 Å². The first-order valence-corrected chi connectivity index (χ1v) is 4.23. The minimum Gasteiger partial charge on any atom is -0.393 e. The highest BCUT2D eigenvalue weighted by atomic mass is 14.8. The van der Waals surface area contributed by atoms with Crippen LogP contribution in [0, 0.1) is 0 Å². The van der Waals surface area contributed by atoms with Crippen LogP contribution in [0.4, 0.5) is 0 Å². The predicted molar refractivity (Wildman–Crippen MR) is 57.9 cm³/mol. The summed E-state index contributed by atoms with van der Waals surface area (Å²) in [4.78, 5) is 4.00. The first kappa shape index (κ1) is 9.52. The van der Waals surface area contributed by atoms with Gasteiger partial charge in [-0.3, -0.25) is 4.99 Å². The third kappa shape index (κ3) is 2.75. The Kier molecular flexibility index (Phi) is 3.76. The molecule has 2 heteroatoms. The van der Waals surface area contributed by atoms with Crippen LogP contribution in [-0.2, 0) is 0 Å². The van der Waals surface area contributed by atoms with E-state index < -0.39 is 0 Å². The van der Waals surface area contributed by atoms with Crippen molar-refractivity contribution in [3.8, 4) is 0 Å². The molecule has 1 aromatic carbocycles. The number of benzene rings is 1. The summed E-state index contributed by atoms with van der Waals surface area (Å²) < 4.78 is 0. The van der Waals surface area contributed by atoms with Crippen molar-refractivity contribution >= 4 is 11.8 Å². The zero-order valence-electron chi connectivity index (χ0n) is 7.99. The van der Waals surface area contributed by atoms with E-state index in [0.717, 1.165) is 5.57 Å². The molecule has 2 nitrogen and oxygen atoms in total. The highest BCUT2D eigenvalue weighted by Gasteiger charge is 1.94. The predicted octanol–water partition coefficient (Wildman–Crippen LogP) is 1.95. The molecule has 0 atom stereocenters. The Morgan fingerprint density at radius 1 is 1.31 bits per heavy atom. The number of nitrogens with zero attached hydrogens (tertiary/aromatic N) is 1. The van der Waals surface area contributed by atoms with E-state index in [4.69, 9.17) is 0 Å². The third-order valence-electron chi connectivity index (χ3n) is 1.68. The highest BCUT2D eigenvalue weighted by Crippen LogP contribution is 2.10. The van der Waals surface area contributed by atoms with Gasteiger partial charge in [-0.25, -0.2) is 0 Å². The Hall–Kier alpha value is -1.57. The fraction of sp³-hybridized carbons (Fsp3) is 0.182. The monoisotopic (exact) mass is 174 g/mol. The number of hydrogen-bond donors (Lipinski definition) is 1. The minimum absolute atomic E-state index is 1.09. The fourth-order valence-corrected chi connectivity index (χ4v) is 1.12. The van der Waals surface area contributed by atoms with Crippen LogP contribution in [0.3, 0.4) is 0 Å². The van der Waals surface area contributed by atoms with Crippen molar-refractivity contribution in [2.45, 2.75) is 0 Å². The lowest BCUT2D eigenvalue weighted by Gasteiger charge is -2.00. The molecule has 0 radical (unpaired) electrons. The molecule has 0 saturated heterocycles. The molecule has 13 heavy (non-hydrogen) atoms. The zero-order chi connectivity index (χ0) is 9.52. The molecule has 0 saturated carbocycles. The molecule has 0 aromatic heterocycles. The SMILES string of the molecule is CN=C/C(=C\NC)c1ccccc1. The molecule has 1 N–H and O–H groups in total. The molecule has 0 aliphatic heterocycles. The van der Waals surface area contributed by atoms with E-state index in [-0.39, 0.29) is 0 Å². The standard InChI is InChI=1S/C11H14N2/c1-12-8-11(9-13-2)10-6-4-3-5-7-10/h3-9,12H,1-2H3/b11-8+,13-9?. The van der Waals surface area contributed by atoms with E-state index in [1.807, 2.05) is 37.7 Å². The zero-order valence-corrected chi connectivity index (χ0v) is 7.99. The van der Waals surface area contributed by atoms with E-state index in [0.29, 0.717) is 0 Å². The molecule has 68 valence electrons. The van der Waals surface area contributed by atoms with Gasteiger partial charge in [-0.05, 0) is 5.56 Å². The van der Waals surface area contributed by atoms with Crippen LogP contribution >= 0.6 is 0 Å². The van der Waals surface area contributed by atoms with Gasteiger partial charge >= 0.3 is 0 Å². The van der Waals surface area contributed by atoms with Crippen LogP contribution in [0.5, 0.6) is 0 Å². The van der Waals surface area contributed by atoms with Gasteiger partial charge in [0.05, 0.1) is 0 Å². The molecule has 0 aliphatic carbocycles.